The molecule has 5 nitrogen and oxygen atoms in total. The number of thioether (sulfide) groups is 1. The number of amides is 2. The first-order valence-electron chi connectivity index (χ1n) is 6.09. The third-order valence-corrected chi connectivity index (χ3v) is 4.21. The molecule has 1 aromatic carbocycles. The average Bonchev–Trinajstić information content (AvgIpc) is 2.72. The zero-order valence-corrected chi connectivity index (χ0v) is 12.0. The zero-order valence-electron chi connectivity index (χ0n) is 11.1. The molecule has 0 aliphatic carbocycles. The molecule has 106 valence electrons. The van der Waals surface area contributed by atoms with E-state index in [1.165, 1.54) is 30.0 Å². The first kappa shape index (κ1) is 14.5. The molecule has 0 unspecified atom stereocenters. The molecular weight excluding hydrogens is 281 g/mol. The summed E-state index contributed by atoms with van der Waals surface area (Å²) in [6.45, 7) is 0. The molecule has 1 heterocycles. The summed E-state index contributed by atoms with van der Waals surface area (Å²) >= 11 is 1.23. The second-order valence-corrected chi connectivity index (χ2v) is 5.37. The minimum atomic E-state index is -0.578. The van der Waals surface area contributed by atoms with Crippen LogP contribution in [0.25, 0.3) is 0 Å². The SMILES string of the molecule is CNC(=[NH+]C)S[C@@H]1CC(=O)N(c2ccccc2F)C1=O. The van der Waals surface area contributed by atoms with Crippen molar-refractivity contribution >= 4 is 34.4 Å². The van der Waals surface area contributed by atoms with Gasteiger partial charge >= 0.3 is 5.17 Å². The number of benzene rings is 1. The number of halogens is 1. The molecule has 2 rings (SSSR count). The van der Waals surface area contributed by atoms with Crippen LogP contribution < -0.4 is 15.2 Å². The van der Waals surface area contributed by atoms with Gasteiger partial charge < -0.3 is 0 Å². The van der Waals surface area contributed by atoms with Crippen molar-refractivity contribution in [2.24, 2.45) is 0 Å². The van der Waals surface area contributed by atoms with Crippen molar-refractivity contribution in [3.05, 3.63) is 30.1 Å². The summed E-state index contributed by atoms with van der Waals surface area (Å²) in [7, 11) is 3.43. The molecule has 0 saturated carbocycles. The van der Waals surface area contributed by atoms with E-state index in [4.69, 9.17) is 0 Å². The van der Waals surface area contributed by atoms with Crippen molar-refractivity contribution in [2.45, 2.75) is 11.7 Å². The molecule has 2 amide bonds. The van der Waals surface area contributed by atoms with Crippen LogP contribution in [0.1, 0.15) is 6.42 Å². The van der Waals surface area contributed by atoms with Gasteiger partial charge in [-0.25, -0.2) is 9.29 Å². The Kier molecular flexibility index (Phi) is 4.39. The number of carbonyl (C=O) groups is 2. The summed E-state index contributed by atoms with van der Waals surface area (Å²) < 4.78 is 13.7. The van der Waals surface area contributed by atoms with Crippen LogP contribution in [0.3, 0.4) is 0 Å². The molecule has 2 N–H and O–H groups in total. The Morgan fingerprint density at radius 3 is 2.75 bits per heavy atom. The van der Waals surface area contributed by atoms with Gasteiger partial charge in [0.1, 0.15) is 11.1 Å². The Morgan fingerprint density at radius 1 is 1.45 bits per heavy atom. The van der Waals surface area contributed by atoms with Crippen LogP contribution in [0.4, 0.5) is 10.1 Å². The largest absolute Gasteiger partial charge is 0.304 e. The number of imide groups is 1. The van der Waals surface area contributed by atoms with Gasteiger partial charge in [0.15, 0.2) is 0 Å². The van der Waals surface area contributed by atoms with Crippen molar-refractivity contribution < 1.29 is 19.0 Å². The first-order valence-corrected chi connectivity index (χ1v) is 6.97. The predicted octanol–water partition coefficient (Wildman–Crippen LogP) is -0.523. The summed E-state index contributed by atoms with van der Waals surface area (Å²) in [5.41, 5.74) is 0.0149. The maximum Gasteiger partial charge on any atom is 0.304 e. The van der Waals surface area contributed by atoms with Gasteiger partial charge in [0.2, 0.25) is 11.8 Å². The van der Waals surface area contributed by atoms with E-state index in [1.54, 1.807) is 20.2 Å². The summed E-state index contributed by atoms with van der Waals surface area (Å²) in [6.07, 6.45) is 0.0602. The van der Waals surface area contributed by atoms with Crippen molar-refractivity contribution in [3.8, 4) is 0 Å². The van der Waals surface area contributed by atoms with E-state index in [1.807, 2.05) is 0 Å². The lowest BCUT2D eigenvalue weighted by atomic mass is 10.3. The van der Waals surface area contributed by atoms with E-state index in [-0.39, 0.29) is 18.0 Å². The van der Waals surface area contributed by atoms with Crippen LogP contribution >= 0.6 is 11.8 Å². The maximum atomic E-state index is 13.7. The molecule has 1 saturated heterocycles. The lowest BCUT2D eigenvalue weighted by Gasteiger charge is -2.15. The highest BCUT2D eigenvalue weighted by atomic mass is 32.2. The van der Waals surface area contributed by atoms with Crippen LogP contribution in [0.5, 0.6) is 0 Å². The number of para-hydroxylation sites is 1. The van der Waals surface area contributed by atoms with E-state index in [0.717, 1.165) is 4.90 Å². The molecule has 20 heavy (non-hydrogen) atoms. The monoisotopic (exact) mass is 296 g/mol. The molecule has 1 aliphatic rings. The fourth-order valence-corrected chi connectivity index (χ4v) is 2.92. The highest BCUT2D eigenvalue weighted by Crippen LogP contribution is 2.30. The van der Waals surface area contributed by atoms with Gasteiger partial charge in [0, 0.05) is 6.42 Å². The van der Waals surface area contributed by atoms with Gasteiger partial charge in [0.05, 0.1) is 19.8 Å². The van der Waals surface area contributed by atoms with Gasteiger partial charge in [0.25, 0.3) is 0 Å². The Morgan fingerprint density at radius 2 is 2.15 bits per heavy atom. The summed E-state index contributed by atoms with van der Waals surface area (Å²) in [5, 5.41) is 3.03. The lowest BCUT2D eigenvalue weighted by Crippen LogP contribution is -2.70. The third kappa shape index (κ3) is 2.67. The fourth-order valence-electron chi connectivity index (χ4n) is 1.97. The van der Waals surface area contributed by atoms with Crippen LogP contribution in [0.2, 0.25) is 0 Å². The van der Waals surface area contributed by atoms with E-state index in [9.17, 15) is 14.0 Å². The summed E-state index contributed by atoms with van der Waals surface area (Å²) in [4.78, 5) is 28.1. The van der Waals surface area contributed by atoms with Crippen molar-refractivity contribution in [1.29, 1.82) is 0 Å². The number of carbonyl (C=O) groups excluding carboxylic acids is 2. The average molecular weight is 296 g/mol. The minimum Gasteiger partial charge on any atom is -0.274 e. The number of nitrogens with one attached hydrogen (secondary N) is 2. The first-order chi connectivity index (χ1) is 9.58. The van der Waals surface area contributed by atoms with Gasteiger partial charge in [-0.1, -0.05) is 12.1 Å². The second-order valence-electron chi connectivity index (χ2n) is 4.16. The summed E-state index contributed by atoms with van der Waals surface area (Å²) in [5.74, 6) is -1.36. The van der Waals surface area contributed by atoms with E-state index >= 15 is 0 Å². The van der Waals surface area contributed by atoms with E-state index in [2.05, 4.69) is 10.3 Å². The van der Waals surface area contributed by atoms with E-state index in [0.29, 0.717) is 5.17 Å². The number of hydrogen-bond acceptors (Lipinski definition) is 3. The molecule has 1 aromatic rings. The topological polar surface area (TPSA) is 63.4 Å². The van der Waals surface area contributed by atoms with Gasteiger partial charge in [-0.2, -0.15) is 0 Å². The maximum absolute atomic E-state index is 13.7. The molecule has 1 aliphatic heterocycles. The Balaban J connectivity index is 2.24. The Bertz CT molecular complexity index is 576. The molecule has 0 radical (unpaired) electrons. The predicted molar refractivity (Wildman–Crippen MR) is 75.8 cm³/mol. The number of amidine groups is 1. The van der Waals surface area contributed by atoms with Crippen LogP contribution in [0, 0.1) is 5.82 Å². The van der Waals surface area contributed by atoms with Crippen molar-refractivity contribution in [1.82, 2.24) is 5.32 Å². The Hall–Kier alpha value is -1.89. The number of anilines is 1. The van der Waals surface area contributed by atoms with Crippen LogP contribution in [-0.4, -0.2) is 36.3 Å². The molecule has 1 atom stereocenters. The zero-order chi connectivity index (χ0) is 14.7. The normalized spacial score (nSPS) is 19.6. The number of rotatable bonds is 2. The molecule has 7 heteroatoms. The van der Waals surface area contributed by atoms with Gasteiger partial charge in [-0.15, -0.1) is 0 Å². The number of hydrogen-bond donors (Lipinski definition) is 2. The molecule has 0 spiro atoms. The van der Waals surface area contributed by atoms with Crippen molar-refractivity contribution in [3.63, 3.8) is 0 Å². The molecule has 0 bridgehead atoms. The highest BCUT2D eigenvalue weighted by Gasteiger charge is 2.42. The third-order valence-electron chi connectivity index (χ3n) is 2.91. The highest BCUT2D eigenvalue weighted by molar-refractivity contribution is 8.14. The Labute approximate surface area is 120 Å². The molecular formula is C13H15FN3O2S+. The van der Waals surface area contributed by atoms with Gasteiger partial charge in [-0.3, -0.25) is 19.9 Å². The van der Waals surface area contributed by atoms with Crippen LogP contribution in [-0.2, 0) is 9.59 Å². The number of nitrogens with zero attached hydrogens (tertiary/aromatic N) is 1. The molecule has 0 aromatic heterocycles. The lowest BCUT2D eigenvalue weighted by molar-refractivity contribution is -0.418. The molecule has 1 fully saturated rings. The van der Waals surface area contributed by atoms with Gasteiger partial charge in [-0.05, 0) is 23.9 Å². The smallest absolute Gasteiger partial charge is 0.274 e. The van der Waals surface area contributed by atoms with Crippen molar-refractivity contribution in [2.75, 3.05) is 19.0 Å². The summed E-state index contributed by atoms with van der Waals surface area (Å²) in [6, 6.07) is 5.77. The second kappa shape index (κ2) is 6.04. The fraction of sp³-hybridized carbons (Fsp3) is 0.308. The van der Waals surface area contributed by atoms with E-state index < -0.39 is 17.0 Å². The quantitative estimate of drug-likeness (QED) is 0.438. The standard InChI is InChI=1S/C13H14FN3O2S/c1-15-13(16-2)20-10-7-11(18)17(12(10)19)9-6-4-3-5-8(9)14/h3-6,10H,7H2,1-2H3,(H,15,16)/p+1/t10-/m1/s1. The minimum absolute atomic E-state index is 0.0149. The van der Waals surface area contributed by atoms with Crippen LogP contribution in [0.15, 0.2) is 24.3 Å².